The first-order chi connectivity index (χ1) is 12.7. The molecule has 136 valence electrons. The fourth-order valence-corrected chi connectivity index (χ4v) is 4.03. The molecule has 1 aromatic heterocycles. The molecule has 1 saturated heterocycles. The summed E-state index contributed by atoms with van der Waals surface area (Å²) in [6, 6.07) is 9.57. The maximum absolute atomic E-state index is 13.1. The molecule has 1 amide bonds. The van der Waals surface area contributed by atoms with Gasteiger partial charge >= 0.3 is 5.97 Å². The third-order valence-electron chi connectivity index (χ3n) is 5.47. The van der Waals surface area contributed by atoms with Crippen molar-refractivity contribution >= 4 is 11.9 Å². The molecular formula is C19H22N4O3. The second-order valence-corrected chi connectivity index (χ2v) is 6.87. The number of nitrogens with zero attached hydrogens (tertiary/aromatic N) is 2. The monoisotopic (exact) mass is 354 g/mol. The van der Waals surface area contributed by atoms with E-state index in [1.165, 1.54) is 7.11 Å². The number of methoxy groups -OCH3 is 1. The fraction of sp³-hybridized carbons (Fsp3) is 0.421. The van der Waals surface area contributed by atoms with Gasteiger partial charge in [0.05, 0.1) is 12.8 Å². The zero-order chi connectivity index (χ0) is 18.1. The van der Waals surface area contributed by atoms with Crippen molar-refractivity contribution in [2.75, 3.05) is 26.7 Å². The Labute approximate surface area is 151 Å². The number of aromatic nitrogens is 2. The number of benzene rings is 1. The lowest BCUT2D eigenvalue weighted by atomic mass is 9.79. The van der Waals surface area contributed by atoms with Gasteiger partial charge in [0.25, 0.3) is 5.91 Å². The molecule has 0 aliphatic carbocycles. The lowest BCUT2D eigenvalue weighted by Crippen LogP contribution is -2.41. The Balaban J connectivity index is 1.63. The zero-order valence-corrected chi connectivity index (χ0v) is 14.7. The maximum Gasteiger partial charge on any atom is 0.318 e. The smallest absolute Gasteiger partial charge is 0.318 e. The first-order valence-corrected chi connectivity index (χ1v) is 8.86. The molecule has 1 aromatic carbocycles. The van der Waals surface area contributed by atoms with E-state index >= 15 is 0 Å². The lowest BCUT2D eigenvalue weighted by Gasteiger charge is -2.27. The fourth-order valence-electron chi connectivity index (χ4n) is 4.03. The van der Waals surface area contributed by atoms with Crippen LogP contribution >= 0.6 is 0 Å². The Morgan fingerprint density at radius 2 is 2.08 bits per heavy atom. The Morgan fingerprint density at radius 1 is 1.27 bits per heavy atom. The van der Waals surface area contributed by atoms with Gasteiger partial charge in [0, 0.05) is 25.2 Å². The maximum atomic E-state index is 13.1. The number of amides is 1. The summed E-state index contributed by atoms with van der Waals surface area (Å²) < 4.78 is 5.09. The Hall–Kier alpha value is -2.67. The normalized spacial score (nSPS) is 22.1. The summed E-state index contributed by atoms with van der Waals surface area (Å²) in [5.41, 5.74) is 2.51. The second-order valence-electron chi connectivity index (χ2n) is 6.87. The molecule has 4 rings (SSSR count). The van der Waals surface area contributed by atoms with Crippen LogP contribution in [0.5, 0.6) is 0 Å². The number of rotatable bonds is 3. The zero-order valence-electron chi connectivity index (χ0n) is 14.7. The van der Waals surface area contributed by atoms with Crippen LogP contribution in [0.1, 0.15) is 33.7 Å². The van der Waals surface area contributed by atoms with Crippen LogP contribution < -0.4 is 5.32 Å². The van der Waals surface area contributed by atoms with Crippen molar-refractivity contribution in [1.82, 2.24) is 20.4 Å². The minimum atomic E-state index is -0.816. The van der Waals surface area contributed by atoms with Crippen LogP contribution in [0, 0.1) is 0 Å². The van der Waals surface area contributed by atoms with Crippen molar-refractivity contribution in [3.05, 3.63) is 52.8 Å². The molecule has 3 heterocycles. The van der Waals surface area contributed by atoms with Crippen LogP contribution in [0.2, 0.25) is 0 Å². The molecule has 7 nitrogen and oxygen atoms in total. The third kappa shape index (κ3) is 2.59. The molecule has 7 heteroatoms. The minimum absolute atomic E-state index is 0.119. The van der Waals surface area contributed by atoms with Crippen molar-refractivity contribution in [3.63, 3.8) is 0 Å². The van der Waals surface area contributed by atoms with E-state index in [-0.39, 0.29) is 11.9 Å². The number of carbonyl (C=O) groups excluding carboxylic acids is 2. The Kier molecular flexibility index (Phi) is 4.24. The predicted octanol–water partition coefficient (Wildman–Crippen LogP) is 1.01. The van der Waals surface area contributed by atoms with Crippen LogP contribution in [0.25, 0.3) is 0 Å². The highest BCUT2D eigenvalue weighted by Crippen LogP contribution is 2.36. The number of esters is 1. The molecular weight excluding hydrogens is 332 g/mol. The highest BCUT2D eigenvalue weighted by molar-refractivity contribution is 5.95. The first kappa shape index (κ1) is 16.8. The molecule has 1 fully saturated rings. The SMILES string of the molecule is COC(=O)C1(c2ccccc2)CCN(C(=O)c2n[nH]c3c2CCNC3)C1. The Morgan fingerprint density at radius 3 is 2.85 bits per heavy atom. The summed E-state index contributed by atoms with van der Waals surface area (Å²) >= 11 is 0. The van der Waals surface area contributed by atoms with E-state index in [4.69, 9.17) is 4.74 Å². The second kappa shape index (κ2) is 6.57. The number of fused-ring (bicyclic) bond motifs is 1. The molecule has 0 radical (unpaired) electrons. The standard InChI is InChI=1S/C19H22N4O3/c1-26-18(25)19(13-5-3-2-4-6-13)8-10-23(12-19)17(24)16-14-7-9-20-11-15(14)21-22-16/h2-6,20H,7-12H2,1H3,(H,21,22). The number of aromatic amines is 1. The molecule has 1 atom stereocenters. The van der Waals surface area contributed by atoms with E-state index in [0.29, 0.717) is 31.7 Å². The van der Waals surface area contributed by atoms with Gasteiger partial charge < -0.3 is 15.0 Å². The average molecular weight is 354 g/mol. The molecule has 0 spiro atoms. The summed E-state index contributed by atoms with van der Waals surface area (Å²) in [4.78, 5) is 27.4. The van der Waals surface area contributed by atoms with E-state index in [2.05, 4.69) is 15.5 Å². The highest BCUT2D eigenvalue weighted by Gasteiger charge is 2.49. The molecule has 26 heavy (non-hydrogen) atoms. The summed E-state index contributed by atoms with van der Waals surface area (Å²) in [7, 11) is 1.40. The number of ether oxygens (including phenoxy) is 1. The van der Waals surface area contributed by atoms with E-state index in [0.717, 1.165) is 29.8 Å². The van der Waals surface area contributed by atoms with Gasteiger partial charge in [0.1, 0.15) is 5.41 Å². The lowest BCUT2D eigenvalue weighted by molar-refractivity contribution is -0.147. The van der Waals surface area contributed by atoms with E-state index in [1.807, 2.05) is 30.3 Å². The van der Waals surface area contributed by atoms with Gasteiger partial charge in [0.2, 0.25) is 0 Å². The summed E-state index contributed by atoms with van der Waals surface area (Å²) in [6.45, 7) is 2.35. The topological polar surface area (TPSA) is 87.3 Å². The van der Waals surface area contributed by atoms with E-state index in [9.17, 15) is 9.59 Å². The van der Waals surface area contributed by atoms with Crippen LogP contribution in [0.3, 0.4) is 0 Å². The van der Waals surface area contributed by atoms with Gasteiger partial charge in [-0.25, -0.2) is 0 Å². The predicted molar refractivity (Wildman–Crippen MR) is 94.7 cm³/mol. The molecule has 0 bridgehead atoms. The highest BCUT2D eigenvalue weighted by atomic mass is 16.5. The number of nitrogens with one attached hydrogen (secondary N) is 2. The van der Waals surface area contributed by atoms with Gasteiger partial charge in [0.15, 0.2) is 5.69 Å². The van der Waals surface area contributed by atoms with Crippen molar-refractivity contribution in [2.24, 2.45) is 0 Å². The molecule has 2 aliphatic rings. The van der Waals surface area contributed by atoms with Crippen LogP contribution in [-0.4, -0.2) is 53.7 Å². The van der Waals surface area contributed by atoms with Crippen LogP contribution in [-0.2, 0) is 27.9 Å². The molecule has 2 aliphatic heterocycles. The van der Waals surface area contributed by atoms with Gasteiger partial charge in [-0.3, -0.25) is 14.7 Å². The largest absolute Gasteiger partial charge is 0.468 e. The summed E-state index contributed by atoms with van der Waals surface area (Å²) in [6.07, 6.45) is 1.32. The van der Waals surface area contributed by atoms with Crippen molar-refractivity contribution in [2.45, 2.75) is 24.8 Å². The third-order valence-corrected chi connectivity index (χ3v) is 5.47. The van der Waals surface area contributed by atoms with Gasteiger partial charge in [-0.2, -0.15) is 5.10 Å². The van der Waals surface area contributed by atoms with Crippen molar-refractivity contribution < 1.29 is 14.3 Å². The number of H-pyrrole nitrogens is 1. The quantitative estimate of drug-likeness (QED) is 0.804. The molecule has 0 saturated carbocycles. The average Bonchev–Trinajstić information content (AvgIpc) is 3.33. The first-order valence-electron chi connectivity index (χ1n) is 8.86. The van der Waals surface area contributed by atoms with Gasteiger partial charge in [-0.05, 0) is 24.9 Å². The number of hydrogen-bond acceptors (Lipinski definition) is 5. The van der Waals surface area contributed by atoms with Crippen LogP contribution in [0.4, 0.5) is 0 Å². The molecule has 2 aromatic rings. The van der Waals surface area contributed by atoms with E-state index in [1.54, 1.807) is 4.90 Å². The number of carbonyl (C=O) groups is 2. The summed E-state index contributed by atoms with van der Waals surface area (Å²) in [5, 5.41) is 10.5. The minimum Gasteiger partial charge on any atom is -0.468 e. The van der Waals surface area contributed by atoms with Gasteiger partial charge in [-0.15, -0.1) is 0 Å². The van der Waals surface area contributed by atoms with Crippen LogP contribution in [0.15, 0.2) is 30.3 Å². The number of hydrogen-bond donors (Lipinski definition) is 2. The Bertz CT molecular complexity index is 833. The van der Waals surface area contributed by atoms with Gasteiger partial charge in [-0.1, -0.05) is 30.3 Å². The number of likely N-dealkylation sites (tertiary alicyclic amines) is 1. The molecule has 2 N–H and O–H groups in total. The van der Waals surface area contributed by atoms with Crippen molar-refractivity contribution in [3.8, 4) is 0 Å². The van der Waals surface area contributed by atoms with Crippen molar-refractivity contribution in [1.29, 1.82) is 0 Å². The molecule has 1 unspecified atom stereocenters. The summed E-state index contributed by atoms with van der Waals surface area (Å²) in [5.74, 6) is -0.418. The van der Waals surface area contributed by atoms with E-state index < -0.39 is 5.41 Å².